The Morgan fingerprint density at radius 1 is 1.42 bits per heavy atom. The van der Waals surface area contributed by atoms with Gasteiger partial charge < -0.3 is 20.9 Å². The minimum Gasteiger partial charge on any atom is -0.480 e. The van der Waals surface area contributed by atoms with Crippen molar-refractivity contribution in [2.45, 2.75) is 44.5 Å². The Balaban J connectivity index is 1.72. The first-order valence-electron chi connectivity index (χ1n) is 8.29. The van der Waals surface area contributed by atoms with Crippen molar-refractivity contribution < 1.29 is 19.4 Å². The predicted octanol–water partition coefficient (Wildman–Crippen LogP) is 2.11. The van der Waals surface area contributed by atoms with E-state index in [0.29, 0.717) is 31.4 Å². The summed E-state index contributed by atoms with van der Waals surface area (Å²) >= 11 is 0. The van der Waals surface area contributed by atoms with Crippen LogP contribution in [0.25, 0.3) is 0 Å². The van der Waals surface area contributed by atoms with Gasteiger partial charge in [0, 0.05) is 23.2 Å². The van der Waals surface area contributed by atoms with Gasteiger partial charge in [-0.1, -0.05) is 18.1 Å². The molecule has 0 aliphatic carbocycles. The second-order valence-corrected chi connectivity index (χ2v) is 6.18. The molecule has 1 aromatic carbocycles. The molecule has 0 saturated carbocycles. The van der Waals surface area contributed by atoms with Crippen LogP contribution in [0.2, 0.25) is 0 Å². The molecule has 1 unspecified atom stereocenters. The molecule has 26 heavy (non-hydrogen) atoms. The number of unbranched alkanes of at least 4 members (excludes halogenated alkanes) is 1. The zero-order valence-corrected chi connectivity index (χ0v) is 14.6. The standard InChI is InChI=1S/C18H22N4O4/c1-3-12-10-14(18(2)21-22-18)8-7-13(12)11-26-17(25)20-9-5-4-6-15(19)16(23)24/h1,7-8,10,15H,4-6,9,11,19H2,2H3,(H,20,25)(H,23,24). The second-order valence-electron chi connectivity index (χ2n) is 6.18. The molecule has 1 aliphatic heterocycles. The molecule has 8 nitrogen and oxygen atoms in total. The number of carboxylic acids is 1. The van der Waals surface area contributed by atoms with Crippen molar-refractivity contribution in [2.24, 2.45) is 16.0 Å². The van der Waals surface area contributed by atoms with Gasteiger partial charge >= 0.3 is 12.1 Å². The summed E-state index contributed by atoms with van der Waals surface area (Å²) in [6.07, 6.45) is 6.55. The number of hydrogen-bond donors (Lipinski definition) is 3. The summed E-state index contributed by atoms with van der Waals surface area (Å²) < 4.78 is 5.17. The number of carbonyl (C=O) groups excluding carboxylic acids is 1. The van der Waals surface area contributed by atoms with Gasteiger partial charge in [-0.05, 0) is 32.3 Å². The lowest BCUT2D eigenvalue weighted by Crippen LogP contribution is -2.30. The van der Waals surface area contributed by atoms with E-state index in [9.17, 15) is 9.59 Å². The highest BCUT2D eigenvalue weighted by atomic mass is 16.5. The summed E-state index contributed by atoms with van der Waals surface area (Å²) in [4.78, 5) is 22.3. The lowest BCUT2D eigenvalue weighted by molar-refractivity contribution is -0.138. The summed E-state index contributed by atoms with van der Waals surface area (Å²) in [5, 5.41) is 19.2. The van der Waals surface area contributed by atoms with Crippen LogP contribution in [0.1, 0.15) is 42.9 Å². The van der Waals surface area contributed by atoms with Crippen LogP contribution < -0.4 is 11.1 Å². The number of alkyl carbamates (subject to hydrolysis) is 1. The lowest BCUT2D eigenvalue weighted by atomic mass is 9.99. The van der Waals surface area contributed by atoms with E-state index >= 15 is 0 Å². The highest BCUT2D eigenvalue weighted by molar-refractivity contribution is 5.72. The summed E-state index contributed by atoms with van der Waals surface area (Å²) in [7, 11) is 0. The molecular formula is C18H22N4O4. The van der Waals surface area contributed by atoms with E-state index in [1.54, 1.807) is 6.07 Å². The average molecular weight is 358 g/mol. The van der Waals surface area contributed by atoms with Crippen molar-refractivity contribution >= 4 is 12.1 Å². The molecular weight excluding hydrogens is 336 g/mol. The van der Waals surface area contributed by atoms with Crippen LogP contribution in [-0.2, 0) is 21.8 Å². The van der Waals surface area contributed by atoms with E-state index in [0.717, 1.165) is 11.1 Å². The molecule has 0 fully saturated rings. The Morgan fingerprint density at radius 2 is 2.15 bits per heavy atom. The number of ether oxygens (including phenoxy) is 1. The van der Waals surface area contributed by atoms with Crippen LogP contribution in [0.3, 0.4) is 0 Å². The van der Waals surface area contributed by atoms with E-state index in [4.69, 9.17) is 22.0 Å². The first-order chi connectivity index (χ1) is 12.4. The van der Waals surface area contributed by atoms with Gasteiger partial charge in [0.2, 0.25) is 5.66 Å². The third-order valence-corrected chi connectivity index (χ3v) is 4.10. The number of hydrogen-bond acceptors (Lipinski definition) is 6. The molecule has 1 heterocycles. The average Bonchev–Trinajstić information content (AvgIpc) is 3.37. The Labute approximate surface area is 151 Å². The molecule has 138 valence electrons. The SMILES string of the molecule is C#Cc1cc(C2(C)N=N2)ccc1COC(=O)NCCCCC(N)C(=O)O. The van der Waals surface area contributed by atoms with E-state index < -0.39 is 23.8 Å². The van der Waals surface area contributed by atoms with Gasteiger partial charge in [0.1, 0.15) is 12.6 Å². The van der Waals surface area contributed by atoms with Crippen molar-refractivity contribution in [3.05, 3.63) is 34.9 Å². The molecule has 1 aliphatic rings. The number of amides is 1. The maximum Gasteiger partial charge on any atom is 0.407 e. The van der Waals surface area contributed by atoms with Crippen molar-refractivity contribution in [3.63, 3.8) is 0 Å². The van der Waals surface area contributed by atoms with Crippen LogP contribution in [0, 0.1) is 12.3 Å². The maximum atomic E-state index is 11.7. The van der Waals surface area contributed by atoms with Gasteiger partial charge in [0.25, 0.3) is 0 Å². The third kappa shape index (κ3) is 5.29. The Hall–Kier alpha value is -2.92. The smallest absolute Gasteiger partial charge is 0.407 e. The minimum absolute atomic E-state index is 0.0561. The number of aliphatic carboxylic acids is 1. The van der Waals surface area contributed by atoms with Gasteiger partial charge in [-0.25, -0.2) is 4.79 Å². The van der Waals surface area contributed by atoms with Gasteiger partial charge in [-0.15, -0.1) is 6.42 Å². The molecule has 1 atom stereocenters. The molecule has 0 radical (unpaired) electrons. The molecule has 1 aromatic rings. The second kappa shape index (κ2) is 8.45. The number of carbonyl (C=O) groups is 2. The molecule has 2 rings (SSSR count). The number of benzene rings is 1. The molecule has 8 heteroatoms. The Morgan fingerprint density at radius 3 is 2.77 bits per heavy atom. The van der Waals surface area contributed by atoms with E-state index in [1.165, 1.54) is 0 Å². The normalized spacial score (nSPS) is 15.0. The summed E-state index contributed by atoms with van der Waals surface area (Å²) in [6.45, 7) is 2.32. The number of nitrogens with one attached hydrogen (secondary N) is 1. The fraction of sp³-hybridized carbons (Fsp3) is 0.444. The number of nitrogens with zero attached hydrogens (tertiary/aromatic N) is 2. The molecule has 0 bridgehead atoms. The van der Waals surface area contributed by atoms with E-state index in [1.807, 2.05) is 19.1 Å². The zero-order chi connectivity index (χ0) is 19.2. The molecule has 0 aromatic heterocycles. The Bertz CT molecular complexity index is 748. The Kier molecular flexibility index (Phi) is 6.31. The zero-order valence-electron chi connectivity index (χ0n) is 14.6. The summed E-state index contributed by atoms with van der Waals surface area (Å²) in [6, 6.07) is 4.62. The monoisotopic (exact) mass is 358 g/mol. The van der Waals surface area contributed by atoms with E-state index in [2.05, 4.69) is 21.5 Å². The number of carboxylic acid groups (broad SMARTS) is 1. The van der Waals surface area contributed by atoms with Crippen molar-refractivity contribution in [2.75, 3.05) is 6.54 Å². The number of rotatable bonds is 9. The predicted molar refractivity (Wildman–Crippen MR) is 94.2 cm³/mol. The number of nitrogens with two attached hydrogens (primary N) is 1. The van der Waals surface area contributed by atoms with Crippen molar-refractivity contribution in [3.8, 4) is 12.3 Å². The fourth-order valence-corrected chi connectivity index (χ4v) is 2.32. The largest absolute Gasteiger partial charge is 0.480 e. The topological polar surface area (TPSA) is 126 Å². The van der Waals surface area contributed by atoms with Gasteiger partial charge in [0.05, 0.1) is 0 Å². The number of terminal acetylenes is 1. The van der Waals surface area contributed by atoms with Gasteiger partial charge in [-0.2, -0.15) is 10.2 Å². The molecule has 1 amide bonds. The highest BCUT2D eigenvalue weighted by Gasteiger charge is 2.36. The third-order valence-electron chi connectivity index (χ3n) is 4.10. The molecule has 4 N–H and O–H groups in total. The van der Waals surface area contributed by atoms with Crippen LogP contribution in [0.15, 0.2) is 28.4 Å². The lowest BCUT2D eigenvalue weighted by Gasteiger charge is -2.11. The molecule has 0 spiro atoms. The van der Waals surface area contributed by atoms with Crippen LogP contribution in [0.5, 0.6) is 0 Å². The fourth-order valence-electron chi connectivity index (χ4n) is 2.32. The van der Waals surface area contributed by atoms with Gasteiger partial charge in [-0.3, -0.25) is 4.79 Å². The van der Waals surface area contributed by atoms with E-state index in [-0.39, 0.29) is 6.61 Å². The van der Waals surface area contributed by atoms with Crippen LogP contribution in [-0.4, -0.2) is 29.8 Å². The van der Waals surface area contributed by atoms with Gasteiger partial charge in [0.15, 0.2) is 0 Å². The van der Waals surface area contributed by atoms with Crippen molar-refractivity contribution in [1.29, 1.82) is 0 Å². The molecule has 0 saturated heterocycles. The maximum absolute atomic E-state index is 11.7. The van der Waals surface area contributed by atoms with Crippen LogP contribution in [0.4, 0.5) is 4.79 Å². The highest BCUT2D eigenvalue weighted by Crippen LogP contribution is 2.39. The van der Waals surface area contributed by atoms with Crippen molar-refractivity contribution in [1.82, 2.24) is 5.32 Å². The summed E-state index contributed by atoms with van der Waals surface area (Å²) in [5.41, 5.74) is 7.15. The van der Waals surface area contributed by atoms with Crippen LogP contribution >= 0.6 is 0 Å². The quantitative estimate of drug-likeness (QED) is 0.460. The first-order valence-corrected chi connectivity index (χ1v) is 8.29. The first kappa shape index (κ1) is 19.4. The minimum atomic E-state index is -1.02. The summed E-state index contributed by atoms with van der Waals surface area (Å²) in [5.74, 6) is 1.56.